The quantitative estimate of drug-likeness (QED) is 0.0999. The summed E-state index contributed by atoms with van der Waals surface area (Å²) in [5.41, 5.74) is 4.85. The first-order valence-electron chi connectivity index (χ1n) is 11.0. The van der Waals surface area contributed by atoms with Gasteiger partial charge in [-0.15, -0.1) is 0 Å². The van der Waals surface area contributed by atoms with Gasteiger partial charge in [-0.25, -0.2) is 10.2 Å². The number of hydrazone groups is 1. The average Bonchev–Trinajstić information content (AvgIpc) is 2.89. The molecule has 186 valence electrons. The first kappa shape index (κ1) is 26.4. The number of halogens is 3. The van der Waals surface area contributed by atoms with E-state index in [1.807, 2.05) is 6.07 Å². The Morgan fingerprint density at radius 1 is 0.892 bits per heavy atom. The lowest BCUT2D eigenvalue weighted by atomic mass is 10.2. The summed E-state index contributed by atoms with van der Waals surface area (Å²) in [5, 5.41) is 5.07. The van der Waals surface area contributed by atoms with Gasteiger partial charge in [0.25, 0.3) is 5.91 Å². The van der Waals surface area contributed by atoms with E-state index in [0.29, 0.717) is 42.7 Å². The fourth-order valence-corrected chi connectivity index (χ4v) is 4.05. The fraction of sp³-hybridized carbons (Fsp3) is 0.0357. The maximum absolute atomic E-state index is 12.4. The molecule has 0 unspecified atom stereocenters. The van der Waals surface area contributed by atoms with Crippen molar-refractivity contribution in [3.8, 4) is 11.5 Å². The van der Waals surface area contributed by atoms with Gasteiger partial charge < -0.3 is 9.47 Å². The van der Waals surface area contributed by atoms with E-state index in [1.54, 1.807) is 84.9 Å². The van der Waals surface area contributed by atoms with Crippen LogP contribution in [0.1, 0.15) is 31.8 Å². The van der Waals surface area contributed by atoms with Gasteiger partial charge in [0.15, 0.2) is 0 Å². The van der Waals surface area contributed by atoms with Crippen LogP contribution in [0.3, 0.4) is 0 Å². The topological polar surface area (TPSA) is 77.0 Å². The van der Waals surface area contributed by atoms with Crippen molar-refractivity contribution in [2.45, 2.75) is 6.61 Å². The molecule has 4 aromatic rings. The van der Waals surface area contributed by atoms with Gasteiger partial charge in [0.1, 0.15) is 18.1 Å². The summed E-state index contributed by atoms with van der Waals surface area (Å²) < 4.78 is 11.8. The van der Waals surface area contributed by atoms with Gasteiger partial charge in [-0.1, -0.05) is 41.4 Å². The Labute approximate surface area is 232 Å². The predicted octanol–water partition coefficient (Wildman–Crippen LogP) is 7.32. The number of esters is 1. The summed E-state index contributed by atoms with van der Waals surface area (Å²) in [7, 11) is 0. The third-order valence-corrected chi connectivity index (χ3v) is 6.37. The van der Waals surface area contributed by atoms with Crippen molar-refractivity contribution >= 4 is 57.2 Å². The lowest BCUT2D eigenvalue weighted by Gasteiger charge is -2.08. The number of benzene rings is 4. The third-order valence-electron chi connectivity index (χ3n) is 5.09. The van der Waals surface area contributed by atoms with Crippen molar-refractivity contribution < 1.29 is 19.1 Å². The van der Waals surface area contributed by atoms with Crippen LogP contribution in [0, 0.1) is 0 Å². The molecule has 0 saturated heterocycles. The van der Waals surface area contributed by atoms with Crippen LogP contribution in [0.15, 0.2) is 101 Å². The summed E-state index contributed by atoms with van der Waals surface area (Å²) in [4.78, 5) is 24.7. The normalized spacial score (nSPS) is 10.8. The van der Waals surface area contributed by atoms with Gasteiger partial charge in [0.2, 0.25) is 0 Å². The van der Waals surface area contributed by atoms with E-state index >= 15 is 0 Å². The van der Waals surface area contributed by atoms with Gasteiger partial charge in [-0.2, -0.15) is 5.10 Å². The molecule has 0 bridgehead atoms. The van der Waals surface area contributed by atoms with Crippen LogP contribution in [0.5, 0.6) is 11.5 Å². The van der Waals surface area contributed by atoms with Crippen molar-refractivity contribution in [2.75, 3.05) is 0 Å². The van der Waals surface area contributed by atoms with Gasteiger partial charge in [0.05, 0.1) is 11.8 Å². The summed E-state index contributed by atoms with van der Waals surface area (Å²) in [5.74, 6) is 0.142. The SMILES string of the molecule is O=C(N/N=C\c1ccc(OC(=O)c2ccccc2Br)cc1)c1ccc(OCc2ccc(Cl)cc2Cl)cc1. The average molecular weight is 598 g/mol. The molecule has 0 spiro atoms. The molecule has 0 atom stereocenters. The zero-order chi connectivity index (χ0) is 26.2. The number of nitrogens with zero attached hydrogens (tertiary/aromatic N) is 1. The molecule has 0 aliphatic heterocycles. The zero-order valence-corrected chi connectivity index (χ0v) is 22.3. The lowest BCUT2D eigenvalue weighted by Crippen LogP contribution is -2.17. The van der Waals surface area contributed by atoms with Crippen molar-refractivity contribution in [2.24, 2.45) is 5.10 Å². The van der Waals surface area contributed by atoms with Crippen molar-refractivity contribution in [3.05, 3.63) is 128 Å². The minimum atomic E-state index is -0.466. The molecule has 1 amide bonds. The highest BCUT2D eigenvalue weighted by molar-refractivity contribution is 9.10. The van der Waals surface area contributed by atoms with Gasteiger partial charge in [0, 0.05) is 25.6 Å². The maximum atomic E-state index is 12.4. The molecule has 4 aromatic carbocycles. The number of carbonyl (C=O) groups excluding carboxylic acids is 2. The van der Waals surface area contributed by atoms with Gasteiger partial charge >= 0.3 is 5.97 Å². The highest BCUT2D eigenvalue weighted by Crippen LogP contribution is 2.23. The molecule has 0 aromatic heterocycles. The molecule has 0 heterocycles. The molecule has 6 nitrogen and oxygen atoms in total. The molecule has 1 N–H and O–H groups in total. The Morgan fingerprint density at radius 2 is 1.59 bits per heavy atom. The van der Waals surface area contributed by atoms with Crippen LogP contribution in [-0.4, -0.2) is 18.1 Å². The molecule has 37 heavy (non-hydrogen) atoms. The first-order chi connectivity index (χ1) is 17.9. The molecule has 9 heteroatoms. The summed E-state index contributed by atoms with van der Waals surface area (Å²) >= 11 is 15.4. The van der Waals surface area contributed by atoms with E-state index in [1.165, 1.54) is 6.21 Å². The second-order valence-corrected chi connectivity index (χ2v) is 9.38. The minimum Gasteiger partial charge on any atom is -0.489 e. The Bertz CT molecular complexity index is 1440. The summed E-state index contributed by atoms with van der Waals surface area (Å²) in [6, 6.07) is 25.6. The third kappa shape index (κ3) is 7.43. The van der Waals surface area contributed by atoms with E-state index in [-0.39, 0.29) is 12.5 Å². The molecule has 0 aliphatic rings. The molecule has 0 saturated carbocycles. The number of nitrogens with one attached hydrogen (secondary N) is 1. The van der Waals surface area contributed by atoms with Crippen LogP contribution in [0.25, 0.3) is 0 Å². The molecule has 0 aliphatic carbocycles. The first-order valence-corrected chi connectivity index (χ1v) is 12.5. The van der Waals surface area contributed by atoms with Crippen LogP contribution < -0.4 is 14.9 Å². The summed E-state index contributed by atoms with van der Waals surface area (Å²) in [6.07, 6.45) is 1.49. The van der Waals surface area contributed by atoms with E-state index in [0.717, 1.165) is 5.56 Å². The Morgan fingerprint density at radius 3 is 2.30 bits per heavy atom. The van der Waals surface area contributed by atoms with Crippen molar-refractivity contribution in [1.29, 1.82) is 0 Å². The monoisotopic (exact) mass is 596 g/mol. The fourth-order valence-electron chi connectivity index (χ4n) is 3.14. The number of hydrogen-bond acceptors (Lipinski definition) is 5. The summed E-state index contributed by atoms with van der Waals surface area (Å²) in [6.45, 7) is 0.271. The molecular formula is C28H19BrCl2N2O4. The maximum Gasteiger partial charge on any atom is 0.344 e. The lowest BCUT2D eigenvalue weighted by molar-refractivity contribution is 0.0733. The Balaban J connectivity index is 1.27. The molecular weight excluding hydrogens is 579 g/mol. The van der Waals surface area contributed by atoms with E-state index in [9.17, 15) is 9.59 Å². The number of ether oxygens (including phenoxy) is 2. The highest BCUT2D eigenvalue weighted by atomic mass is 79.9. The second kappa shape index (κ2) is 12.5. The largest absolute Gasteiger partial charge is 0.489 e. The van der Waals surface area contributed by atoms with E-state index in [4.69, 9.17) is 32.7 Å². The Kier molecular flexibility index (Phi) is 8.95. The molecule has 0 radical (unpaired) electrons. The van der Waals surface area contributed by atoms with Crippen LogP contribution in [0.2, 0.25) is 10.0 Å². The predicted molar refractivity (Wildman–Crippen MR) is 148 cm³/mol. The highest BCUT2D eigenvalue weighted by Gasteiger charge is 2.12. The zero-order valence-electron chi connectivity index (χ0n) is 19.2. The Hall–Kier alpha value is -3.65. The number of rotatable bonds is 8. The number of hydrogen-bond donors (Lipinski definition) is 1. The van der Waals surface area contributed by atoms with Gasteiger partial charge in [-0.3, -0.25) is 4.79 Å². The number of amides is 1. The molecule has 0 fully saturated rings. The second-order valence-electron chi connectivity index (χ2n) is 7.69. The van der Waals surface area contributed by atoms with E-state index in [2.05, 4.69) is 26.5 Å². The molecule has 4 rings (SSSR count). The minimum absolute atomic E-state index is 0.271. The van der Waals surface area contributed by atoms with Crippen molar-refractivity contribution in [3.63, 3.8) is 0 Å². The van der Waals surface area contributed by atoms with Gasteiger partial charge in [-0.05, 0) is 94.3 Å². The van der Waals surface area contributed by atoms with Crippen molar-refractivity contribution in [1.82, 2.24) is 5.43 Å². The van der Waals surface area contributed by atoms with Crippen LogP contribution in [0.4, 0.5) is 0 Å². The number of carbonyl (C=O) groups is 2. The van der Waals surface area contributed by atoms with Crippen LogP contribution >= 0.6 is 39.1 Å². The standard InChI is InChI=1S/C28H19BrCl2N2O4/c29-25-4-2-1-3-24(25)28(35)37-23-11-5-18(6-12-23)16-32-33-27(34)19-8-13-22(14-9-19)36-17-20-7-10-21(30)15-26(20)31/h1-16H,17H2,(H,33,34)/b32-16-. The van der Waals surface area contributed by atoms with E-state index < -0.39 is 5.97 Å². The smallest absolute Gasteiger partial charge is 0.344 e. The van der Waals surface area contributed by atoms with Crippen LogP contribution in [-0.2, 0) is 6.61 Å².